The summed E-state index contributed by atoms with van der Waals surface area (Å²) in [5.74, 6) is 2.49. The molecule has 0 spiro atoms. The van der Waals surface area contributed by atoms with Gasteiger partial charge < -0.3 is 14.8 Å². The predicted octanol–water partition coefficient (Wildman–Crippen LogP) is 2.41. The minimum Gasteiger partial charge on any atom is -0.497 e. The molecule has 1 amide bonds. The van der Waals surface area contributed by atoms with Crippen LogP contribution in [0.25, 0.3) is 0 Å². The first kappa shape index (κ1) is 14.7. The van der Waals surface area contributed by atoms with Gasteiger partial charge in [-0.25, -0.2) is 0 Å². The van der Waals surface area contributed by atoms with Crippen LogP contribution >= 0.6 is 0 Å². The Morgan fingerprint density at radius 2 is 2.10 bits per heavy atom. The first-order valence-corrected chi connectivity index (χ1v) is 7.14. The molecular weight excluding hydrogens is 254 g/mol. The van der Waals surface area contributed by atoms with Crippen LogP contribution in [0.3, 0.4) is 0 Å². The molecule has 0 aromatic heterocycles. The molecule has 1 aliphatic rings. The topological polar surface area (TPSA) is 47.6 Å². The summed E-state index contributed by atoms with van der Waals surface area (Å²) in [7, 11) is 3.28. The van der Waals surface area contributed by atoms with Crippen LogP contribution in [0.1, 0.15) is 25.3 Å². The zero-order valence-corrected chi connectivity index (χ0v) is 12.4. The Labute approximate surface area is 120 Å². The van der Waals surface area contributed by atoms with Gasteiger partial charge in [0.2, 0.25) is 5.91 Å². The lowest BCUT2D eigenvalue weighted by Crippen LogP contribution is -2.31. The highest BCUT2D eigenvalue weighted by atomic mass is 16.5. The fraction of sp³-hybridized carbons (Fsp3) is 0.562. The van der Waals surface area contributed by atoms with Crippen LogP contribution in [0.4, 0.5) is 0 Å². The number of carbonyl (C=O) groups is 1. The van der Waals surface area contributed by atoms with Gasteiger partial charge in [0.25, 0.3) is 0 Å². The summed E-state index contributed by atoms with van der Waals surface area (Å²) in [5.41, 5.74) is 1.08. The third-order valence-electron chi connectivity index (χ3n) is 3.93. The van der Waals surface area contributed by atoms with Crippen molar-refractivity contribution in [2.24, 2.45) is 11.8 Å². The predicted molar refractivity (Wildman–Crippen MR) is 78.1 cm³/mol. The maximum atomic E-state index is 11.9. The van der Waals surface area contributed by atoms with Gasteiger partial charge in [-0.2, -0.15) is 0 Å². The van der Waals surface area contributed by atoms with Crippen LogP contribution < -0.4 is 14.8 Å². The Hall–Kier alpha value is -1.71. The van der Waals surface area contributed by atoms with Crippen molar-refractivity contribution in [3.05, 3.63) is 23.8 Å². The quantitative estimate of drug-likeness (QED) is 0.832. The molecule has 1 atom stereocenters. The molecule has 4 heteroatoms. The minimum atomic E-state index is 0.146. The third kappa shape index (κ3) is 3.65. The second-order valence-corrected chi connectivity index (χ2v) is 5.34. The highest BCUT2D eigenvalue weighted by Gasteiger charge is 2.32. The average molecular weight is 277 g/mol. The van der Waals surface area contributed by atoms with Crippen LogP contribution in [0.2, 0.25) is 0 Å². The van der Waals surface area contributed by atoms with E-state index in [4.69, 9.17) is 9.47 Å². The molecule has 2 rings (SSSR count). The van der Waals surface area contributed by atoms with E-state index in [9.17, 15) is 4.79 Å². The second-order valence-electron chi connectivity index (χ2n) is 5.34. The second kappa shape index (κ2) is 6.64. The van der Waals surface area contributed by atoms with Gasteiger partial charge in [0.05, 0.1) is 14.2 Å². The van der Waals surface area contributed by atoms with Crippen molar-refractivity contribution in [2.75, 3.05) is 20.8 Å². The van der Waals surface area contributed by atoms with E-state index in [1.54, 1.807) is 14.2 Å². The molecule has 0 bridgehead atoms. The zero-order chi connectivity index (χ0) is 14.5. The first-order chi connectivity index (χ1) is 9.65. The number of nitrogens with one attached hydrogen (secondary N) is 1. The van der Waals surface area contributed by atoms with Crippen LogP contribution in [0, 0.1) is 11.8 Å². The molecule has 110 valence electrons. The SMILES string of the molecule is COc1ccc(CCNC(=O)C(C)C2CC2)c(OC)c1. The van der Waals surface area contributed by atoms with Gasteiger partial charge in [0.1, 0.15) is 11.5 Å². The summed E-state index contributed by atoms with van der Waals surface area (Å²) in [6.07, 6.45) is 3.15. The lowest BCUT2D eigenvalue weighted by Gasteiger charge is -2.13. The smallest absolute Gasteiger partial charge is 0.223 e. The molecule has 0 radical (unpaired) electrons. The number of hydrogen-bond donors (Lipinski definition) is 1. The van der Waals surface area contributed by atoms with Gasteiger partial charge in [-0.05, 0) is 36.8 Å². The van der Waals surface area contributed by atoms with Crippen LogP contribution in [0.15, 0.2) is 18.2 Å². The van der Waals surface area contributed by atoms with E-state index < -0.39 is 0 Å². The number of rotatable bonds is 7. The van der Waals surface area contributed by atoms with E-state index in [2.05, 4.69) is 5.32 Å². The standard InChI is InChI=1S/C16H23NO3/c1-11(12-4-5-12)16(18)17-9-8-13-6-7-14(19-2)10-15(13)20-3/h6-7,10-12H,4-5,8-9H2,1-3H3,(H,17,18). The van der Waals surface area contributed by atoms with E-state index >= 15 is 0 Å². The van der Waals surface area contributed by atoms with Gasteiger partial charge >= 0.3 is 0 Å². The van der Waals surface area contributed by atoms with Crippen molar-refractivity contribution >= 4 is 5.91 Å². The van der Waals surface area contributed by atoms with Crippen molar-refractivity contribution < 1.29 is 14.3 Å². The van der Waals surface area contributed by atoms with Crippen LogP contribution in [0.5, 0.6) is 11.5 Å². The summed E-state index contributed by atoms with van der Waals surface area (Å²) in [5, 5.41) is 3.01. The molecule has 1 fully saturated rings. The summed E-state index contributed by atoms with van der Waals surface area (Å²) in [6, 6.07) is 5.75. The highest BCUT2D eigenvalue weighted by Crippen LogP contribution is 2.36. The largest absolute Gasteiger partial charge is 0.497 e. The monoisotopic (exact) mass is 277 g/mol. The molecule has 4 nitrogen and oxygen atoms in total. The Balaban J connectivity index is 1.85. The van der Waals surface area contributed by atoms with Crippen molar-refractivity contribution in [1.29, 1.82) is 0 Å². The first-order valence-electron chi connectivity index (χ1n) is 7.14. The summed E-state index contributed by atoms with van der Waals surface area (Å²) in [4.78, 5) is 11.9. The van der Waals surface area contributed by atoms with Gasteiger partial charge in [0, 0.05) is 18.5 Å². The maximum absolute atomic E-state index is 11.9. The highest BCUT2D eigenvalue weighted by molar-refractivity contribution is 5.78. The van der Waals surface area contributed by atoms with E-state index in [-0.39, 0.29) is 11.8 Å². The Kier molecular flexibility index (Phi) is 4.88. The Morgan fingerprint density at radius 1 is 1.35 bits per heavy atom. The van der Waals surface area contributed by atoms with Crippen molar-refractivity contribution in [2.45, 2.75) is 26.2 Å². The third-order valence-corrected chi connectivity index (χ3v) is 3.93. The van der Waals surface area contributed by atoms with Gasteiger partial charge in [0.15, 0.2) is 0 Å². The number of carbonyl (C=O) groups excluding carboxylic acids is 1. The van der Waals surface area contributed by atoms with E-state index in [1.807, 2.05) is 25.1 Å². The molecule has 1 aromatic carbocycles. The molecule has 0 aliphatic heterocycles. The van der Waals surface area contributed by atoms with Gasteiger partial charge in [-0.3, -0.25) is 4.79 Å². The molecule has 1 aromatic rings. The number of amides is 1. The van der Waals surface area contributed by atoms with Gasteiger partial charge in [-0.1, -0.05) is 13.0 Å². The van der Waals surface area contributed by atoms with Gasteiger partial charge in [-0.15, -0.1) is 0 Å². The molecule has 0 saturated heterocycles. The summed E-state index contributed by atoms with van der Waals surface area (Å²) >= 11 is 0. The molecule has 1 N–H and O–H groups in total. The molecular formula is C16H23NO3. The Bertz CT molecular complexity index is 469. The molecule has 0 heterocycles. The molecule has 1 saturated carbocycles. The van der Waals surface area contributed by atoms with Crippen LogP contribution in [-0.2, 0) is 11.2 Å². The fourth-order valence-corrected chi connectivity index (χ4v) is 2.35. The normalized spacial score (nSPS) is 15.6. The summed E-state index contributed by atoms with van der Waals surface area (Å²) in [6.45, 7) is 2.65. The fourth-order valence-electron chi connectivity index (χ4n) is 2.35. The van der Waals surface area contributed by atoms with E-state index in [0.717, 1.165) is 23.5 Å². The van der Waals surface area contributed by atoms with Crippen molar-refractivity contribution in [3.8, 4) is 11.5 Å². The van der Waals surface area contributed by atoms with Crippen LogP contribution in [-0.4, -0.2) is 26.7 Å². The lowest BCUT2D eigenvalue weighted by atomic mass is 10.1. The lowest BCUT2D eigenvalue weighted by molar-refractivity contribution is -0.125. The number of ether oxygens (including phenoxy) is 2. The molecule has 1 unspecified atom stereocenters. The molecule has 20 heavy (non-hydrogen) atoms. The van der Waals surface area contributed by atoms with E-state index in [1.165, 1.54) is 12.8 Å². The number of hydrogen-bond acceptors (Lipinski definition) is 3. The maximum Gasteiger partial charge on any atom is 0.223 e. The number of methoxy groups -OCH3 is 2. The van der Waals surface area contributed by atoms with E-state index in [0.29, 0.717) is 12.5 Å². The number of benzene rings is 1. The molecule has 1 aliphatic carbocycles. The van der Waals surface area contributed by atoms with Crippen molar-refractivity contribution in [3.63, 3.8) is 0 Å². The average Bonchev–Trinajstić information content (AvgIpc) is 3.31. The summed E-state index contributed by atoms with van der Waals surface area (Å²) < 4.78 is 10.5. The zero-order valence-electron chi connectivity index (χ0n) is 12.4. The van der Waals surface area contributed by atoms with Crippen molar-refractivity contribution in [1.82, 2.24) is 5.32 Å². The minimum absolute atomic E-state index is 0.146. The Morgan fingerprint density at radius 3 is 2.70 bits per heavy atom.